The van der Waals surface area contributed by atoms with Crippen molar-refractivity contribution < 1.29 is 14.5 Å². The van der Waals surface area contributed by atoms with E-state index in [9.17, 15) is 19.7 Å². The van der Waals surface area contributed by atoms with Crippen LogP contribution in [0, 0.1) is 24.0 Å². The van der Waals surface area contributed by atoms with E-state index in [4.69, 9.17) is 0 Å². The molecule has 28 heavy (non-hydrogen) atoms. The van der Waals surface area contributed by atoms with Gasteiger partial charge in [-0.05, 0) is 49.2 Å². The van der Waals surface area contributed by atoms with Gasteiger partial charge in [-0.3, -0.25) is 25.1 Å². The number of nitrogens with one attached hydrogen (secondary N) is 1. The molecule has 144 valence electrons. The smallest absolute Gasteiger partial charge is 0.282 e. The summed E-state index contributed by atoms with van der Waals surface area (Å²) in [4.78, 5) is 37.6. The Morgan fingerprint density at radius 3 is 2.39 bits per heavy atom. The molecule has 1 saturated heterocycles. The van der Waals surface area contributed by atoms with Crippen LogP contribution < -0.4 is 15.3 Å². The van der Waals surface area contributed by atoms with Crippen LogP contribution in [0.15, 0.2) is 42.0 Å². The Balaban J connectivity index is 2.04. The number of nitro benzene ring substituents is 1. The summed E-state index contributed by atoms with van der Waals surface area (Å²) >= 11 is 0. The Hall–Kier alpha value is -3.68. The maximum Gasteiger partial charge on any atom is 0.282 e. The molecule has 0 radical (unpaired) electrons. The number of amides is 2. The second-order valence-electron chi connectivity index (χ2n) is 6.80. The molecule has 0 aromatic heterocycles. The normalized spacial score (nSPS) is 15.1. The van der Waals surface area contributed by atoms with Gasteiger partial charge < -0.3 is 4.90 Å². The van der Waals surface area contributed by atoms with Gasteiger partial charge in [0.05, 0.1) is 10.6 Å². The second-order valence-corrected chi connectivity index (χ2v) is 6.80. The van der Waals surface area contributed by atoms with Crippen LogP contribution in [0.25, 0.3) is 6.08 Å². The molecule has 0 saturated carbocycles. The summed E-state index contributed by atoms with van der Waals surface area (Å²) in [5.74, 6) is -1.07. The summed E-state index contributed by atoms with van der Waals surface area (Å²) in [5.41, 5.74) is 6.04. The Labute approximate surface area is 162 Å². The zero-order chi connectivity index (χ0) is 20.6. The van der Waals surface area contributed by atoms with Crippen molar-refractivity contribution in [2.75, 3.05) is 24.0 Å². The molecule has 0 spiro atoms. The van der Waals surface area contributed by atoms with Crippen molar-refractivity contribution in [3.05, 3.63) is 68.8 Å². The molecule has 1 heterocycles. The van der Waals surface area contributed by atoms with Gasteiger partial charge in [0.15, 0.2) is 0 Å². The number of hydrogen-bond acceptors (Lipinski definition) is 5. The summed E-state index contributed by atoms with van der Waals surface area (Å²) in [7, 11) is 3.56. The highest BCUT2D eigenvalue weighted by molar-refractivity contribution is 6.31. The fourth-order valence-electron chi connectivity index (χ4n) is 2.94. The van der Waals surface area contributed by atoms with Gasteiger partial charge in [0, 0.05) is 37.5 Å². The Morgan fingerprint density at radius 1 is 1.07 bits per heavy atom. The number of carbonyl (C=O) groups is 2. The van der Waals surface area contributed by atoms with E-state index in [1.165, 1.54) is 23.2 Å². The summed E-state index contributed by atoms with van der Waals surface area (Å²) in [5, 5.41) is 12.3. The predicted octanol–water partition coefficient (Wildman–Crippen LogP) is 2.74. The lowest BCUT2D eigenvalue weighted by Gasteiger charge is -2.16. The van der Waals surface area contributed by atoms with Crippen LogP contribution in [0.2, 0.25) is 0 Å². The number of hydrazine groups is 1. The zero-order valence-corrected chi connectivity index (χ0v) is 16.0. The molecule has 2 amide bonds. The molecule has 3 rings (SSSR count). The lowest BCUT2D eigenvalue weighted by Crippen LogP contribution is -2.35. The monoisotopic (exact) mass is 380 g/mol. The second kappa shape index (κ2) is 7.15. The molecular formula is C20H20N4O4. The van der Waals surface area contributed by atoms with Crippen molar-refractivity contribution in [1.29, 1.82) is 0 Å². The van der Waals surface area contributed by atoms with Crippen molar-refractivity contribution in [2.45, 2.75) is 13.8 Å². The predicted molar refractivity (Wildman–Crippen MR) is 107 cm³/mol. The molecule has 1 N–H and O–H groups in total. The molecule has 1 aliphatic heterocycles. The first-order valence-electron chi connectivity index (χ1n) is 8.59. The molecular weight excluding hydrogens is 360 g/mol. The topological polar surface area (TPSA) is 95.8 Å². The highest BCUT2D eigenvalue weighted by atomic mass is 16.6. The Morgan fingerprint density at radius 2 is 1.79 bits per heavy atom. The van der Waals surface area contributed by atoms with E-state index in [0.717, 1.165) is 11.1 Å². The quantitative estimate of drug-likeness (QED) is 0.381. The van der Waals surface area contributed by atoms with E-state index in [1.54, 1.807) is 31.1 Å². The molecule has 0 bridgehead atoms. The third-order valence-corrected chi connectivity index (χ3v) is 4.64. The summed E-state index contributed by atoms with van der Waals surface area (Å²) in [6, 6.07) is 9.76. The average Bonchev–Trinajstić information content (AvgIpc) is 2.92. The minimum absolute atomic E-state index is 0.0816. The van der Waals surface area contributed by atoms with Crippen LogP contribution in [0.3, 0.4) is 0 Å². The fraction of sp³-hybridized carbons (Fsp3) is 0.200. The Kier molecular flexibility index (Phi) is 4.87. The van der Waals surface area contributed by atoms with E-state index in [1.807, 2.05) is 26.0 Å². The van der Waals surface area contributed by atoms with Crippen molar-refractivity contribution in [3.63, 3.8) is 0 Å². The van der Waals surface area contributed by atoms with Gasteiger partial charge in [-0.1, -0.05) is 6.07 Å². The van der Waals surface area contributed by atoms with Crippen LogP contribution in [-0.4, -0.2) is 30.8 Å². The number of benzene rings is 2. The van der Waals surface area contributed by atoms with Gasteiger partial charge >= 0.3 is 0 Å². The van der Waals surface area contributed by atoms with Crippen molar-refractivity contribution in [1.82, 2.24) is 5.43 Å². The standard InChI is InChI=1S/C20H20N4O4/c1-12-5-6-15(9-13(12)2)23-20(26)17(19(25)21-23)11-14-10-16(24(27)28)7-8-18(14)22(3)4/h5-11H,1-4H3,(H,21,25). The van der Waals surface area contributed by atoms with Crippen molar-refractivity contribution in [3.8, 4) is 0 Å². The third kappa shape index (κ3) is 3.44. The maximum absolute atomic E-state index is 12.8. The summed E-state index contributed by atoms with van der Waals surface area (Å²) in [6.07, 6.45) is 1.39. The van der Waals surface area contributed by atoms with Crippen molar-refractivity contribution >= 4 is 35.0 Å². The zero-order valence-electron chi connectivity index (χ0n) is 16.0. The van der Waals surface area contributed by atoms with Gasteiger partial charge in [0.2, 0.25) is 0 Å². The molecule has 1 fully saturated rings. The molecule has 0 unspecified atom stereocenters. The number of anilines is 2. The summed E-state index contributed by atoms with van der Waals surface area (Å²) in [6.45, 7) is 3.88. The lowest BCUT2D eigenvalue weighted by atomic mass is 10.1. The number of non-ortho nitro benzene ring substituents is 1. The average molecular weight is 380 g/mol. The fourth-order valence-corrected chi connectivity index (χ4v) is 2.94. The van der Waals surface area contributed by atoms with Crippen LogP contribution >= 0.6 is 0 Å². The first-order chi connectivity index (χ1) is 13.2. The van der Waals surface area contributed by atoms with E-state index < -0.39 is 16.7 Å². The maximum atomic E-state index is 12.8. The lowest BCUT2D eigenvalue weighted by molar-refractivity contribution is -0.384. The van der Waals surface area contributed by atoms with Crippen molar-refractivity contribution in [2.24, 2.45) is 0 Å². The van der Waals surface area contributed by atoms with E-state index >= 15 is 0 Å². The third-order valence-electron chi connectivity index (χ3n) is 4.64. The largest absolute Gasteiger partial charge is 0.377 e. The molecule has 2 aromatic carbocycles. The highest BCUT2D eigenvalue weighted by Gasteiger charge is 2.35. The SMILES string of the molecule is Cc1ccc(N2NC(=O)C(=Cc3cc([N+](=O)[O-])ccc3N(C)C)C2=O)cc1C. The van der Waals surface area contributed by atoms with E-state index in [0.29, 0.717) is 16.9 Å². The summed E-state index contributed by atoms with van der Waals surface area (Å²) < 4.78 is 0. The molecule has 2 aromatic rings. The van der Waals surface area contributed by atoms with Crippen LogP contribution in [-0.2, 0) is 9.59 Å². The number of nitro groups is 1. The molecule has 0 atom stereocenters. The first kappa shape index (κ1) is 19.1. The number of carbonyl (C=O) groups excluding carboxylic acids is 2. The van der Waals surface area contributed by atoms with Gasteiger partial charge in [-0.15, -0.1) is 0 Å². The molecule has 1 aliphatic rings. The number of aryl methyl sites for hydroxylation is 2. The van der Waals surface area contributed by atoms with E-state index in [2.05, 4.69) is 5.43 Å². The molecule has 8 heteroatoms. The number of hydrogen-bond donors (Lipinski definition) is 1. The van der Waals surface area contributed by atoms with E-state index in [-0.39, 0.29) is 11.3 Å². The van der Waals surface area contributed by atoms with Gasteiger partial charge in [-0.25, -0.2) is 5.01 Å². The molecule has 8 nitrogen and oxygen atoms in total. The Bertz CT molecular complexity index is 1030. The van der Waals surface area contributed by atoms with Crippen LogP contribution in [0.1, 0.15) is 16.7 Å². The first-order valence-corrected chi connectivity index (χ1v) is 8.59. The highest BCUT2D eigenvalue weighted by Crippen LogP contribution is 2.29. The molecule has 0 aliphatic carbocycles. The number of rotatable bonds is 4. The minimum Gasteiger partial charge on any atom is -0.377 e. The van der Waals surface area contributed by atoms with Gasteiger partial charge in [0.1, 0.15) is 5.57 Å². The van der Waals surface area contributed by atoms with Crippen LogP contribution in [0.4, 0.5) is 17.1 Å². The van der Waals surface area contributed by atoms with Gasteiger partial charge in [0.25, 0.3) is 17.5 Å². The van der Waals surface area contributed by atoms with Crippen LogP contribution in [0.5, 0.6) is 0 Å². The van der Waals surface area contributed by atoms with Gasteiger partial charge in [-0.2, -0.15) is 0 Å². The number of nitrogens with zero attached hydrogens (tertiary/aromatic N) is 3. The minimum atomic E-state index is -0.556.